The van der Waals surface area contributed by atoms with E-state index in [1.54, 1.807) is 0 Å². The third kappa shape index (κ3) is 3.10. The summed E-state index contributed by atoms with van der Waals surface area (Å²) in [7, 11) is 0. The lowest BCUT2D eigenvalue weighted by Crippen LogP contribution is -2.39. The molecule has 0 spiro atoms. The van der Waals surface area contributed by atoms with E-state index < -0.39 is 0 Å². The number of pyridine rings is 1. The summed E-state index contributed by atoms with van der Waals surface area (Å²) >= 11 is 0. The van der Waals surface area contributed by atoms with Crippen molar-refractivity contribution in [1.29, 1.82) is 0 Å². The zero-order valence-electron chi connectivity index (χ0n) is 11.9. The van der Waals surface area contributed by atoms with Crippen LogP contribution in [0.1, 0.15) is 18.4 Å². The highest BCUT2D eigenvalue weighted by Gasteiger charge is 2.19. The van der Waals surface area contributed by atoms with Crippen LogP contribution in [0.2, 0.25) is 0 Å². The minimum Gasteiger partial charge on any atom is -0.382 e. The van der Waals surface area contributed by atoms with Crippen molar-refractivity contribution in [2.45, 2.75) is 25.8 Å². The number of aromatic nitrogens is 1. The number of nitrogens with one attached hydrogen (secondary N) is 1. The third-order valence-corrected chi connectivity index (χ3v) is 3.89. The Bertz CT molecular complexity index is 528. The summed E-state index contributed by atoms with van der Waals surface area (Å²) in [6, 6.07) is 15.3. The van der Waals surface area contributed by atoms with Crippen LogP contribution in [0.15, 0.2) is 48.7 Å². The largest absolute Gasteiger partial charge is 0.382 e. The number of aryl methyl sites for hydroxylation is 1. The Morgan fingerprint density at radius 1 is 1.05 bits per heavy atom. The van der Waals surface area contributed by atoms with E-state index in [0.29, 0.717) is 6.04 Å². The van der Waals surface area contributed by atoms with Crippen molar-refractivity contribution in [1.82, 2.24) is 4.98 Å². The molecule has 0 bridgehead atoms. The summed E-state index contributed by atoms with van der Waals surface area (Å²) in [6.45, 7) is 4.26. The minimum absolute atomic E-state index is 0.567. The zero-order chi connectivity index (χ0) is 13.8. The number of hydrogen-bond donors (Lipinski definition) is 1. The van der Waals surface area contributed by atoms with E-state index in [4.69, 9.17) is 0 Å². The fraction of sp³-hybridized carbons (Fsp3) is 0.353. The second-order valence-electron chi connectivity index (χ2n) is 5.46. The quantitative estimate of drug-likeness (QED) is 0.923. The Hall–Kier alpha value is -2.03. The van der Waals surface area contributed by atoms with Crippen molar-refractivity contribution >= 4 is 11.5 Å². The summed E-state index contributed by atoms with van der Waals surface area (Å²) in [4.78, 5) is 6.80. The van der Waals surface area contributed by atoms with Crippen LogP contribution in [-0.4, -0.2) is 24.1 Å². The van der Waals surface area contributed by atoms with E-state index >= 15 is 0 Å². The van der Waals surface area contributed by atoms with Crippen LogP contribution in [0.4, 0.5) is 11.5 Å². The van der Waals surface area contributed by atoms with Crippen LogP contribution in [0.3, 0.4) is 0 Å². The van der Waals surface area contributed by atoms with Gasteiger partial charge >= 0.3 is 0 Å². The van der Waals surface area contributed by atoms with Crippen LogP contribution in [0.25, 0.3) is 0 Å². The van der Waals surface area contributed by atoms with Gasteiger partial charge in [0.25, 0.3) is 0 Å². The number of benzene rings is 1. The fourth-order valence-corrected chi connectivity index (χ4v) is 2.68. The van der Waals surface area contributed by atoms with Crippen molar-refractivity contribution in [3.05, 3.63) is 54.2 Å². The van der Waals surface area contributed by atoms with Crippen molar-refractivity contribution < 1.29 is 0 Å². The molecule has 1 aliphatic heterocycles. The first-order chi connectivity index (χ1) is 9.81. The summed E-state index contributed by atoms with van der Waals surface area (Å²) in [5.41, 5.74) is 2.53. The average Bonchev–Trinajstić information content (AvgIpc) is 2.51. The first kappa shape index (κ1) is 13.0. The van der Waals surface area contributed by atoms with Gasteiger partial charge in [-0.1, -0.05) is 23.8 Å². The predicted octanol–water partition coefficient (Wildman–Crippen LogP) is 3.47. The molecule has 104 valence electrons. The molecule has 2 aromatic rings. The maximum Gasteiger partial charge on any atom is 0.128 e. The third-order valence-electron chi connectivity index (χ3n) is 3.89. The first-order valence-electron chi connectivity index (χ1n) is 7.30. The van der Waals surface area contributed by atoms with E-state index in [1.165, 1.54) is 11.3 Å². The Kier molecular flexibility index (Phi) is 3.86. The van der Waals surface area contributed by atoms with E-state index in [-0.39, 0.29) is 0 Å². The molecule has 0 atom stereocenters. The first-order valence-corrected chi connectivity index (χ1v) is 7.30. The molecule has 1 aromatic heterocycles. The van der Waals surface area contributed by atoms with Gasteiger partial charge in [0.15, 0.2) is 0 Å². The average molecular weight is 267 g/mol. The van der Waals surface area contributed by atoms with Crippen LogP contribution in [0.5, 0.6) is 0 Å². The van der Waals surface area contributed by atoms with E-state index in [1.807, 2.05) is 12.3 Å². The lowest BCUT2D eigenvalue weighted by Gasteiger charge is -2.33. The van der Waals surface area contributed by atoms with Gasteiger partial charge in [0.1, 0.15) is 5.82 Å². The minimum atomic E-state index is 0.567. The Morgan fingerprint density at radius 2 is 1.80 bits per heavy atom. The molecule has 1 aliphatic rings. The molecule has 1 saturated heterocycles. The number of nitrogens with zero attached hydrogens (tertiary/aromatic N) is 2. The molecule has 0 radical (unpaired) electrons. The van der Waals surface area contributed by atoms with Crippen LogP contribution >= 0.6 is 0 Å². The molecule has 0 aliphatic carbocycles. The molecule has 0 saturated carbocycles. The molecule has 0 unspecified atom stereocenters. The highest BCUT2D eigenvalue weighted by atomic mass is 15.2. The lowest BCUT2D eigenvalue weighted by atomic mass is 10.0. The van der Waals surface area contributed by atoms with Crippen molar-refractivity contribution in [3.8, 4) is 0 Å². The molecule has 3 heteroatoms. The van der Waals surface area contributed by atoms with Gasteiger partial charge in [0.05, 0.1) is 0 Å². The summed E-state index contributed by atoms with van der Waals surface area (Å²) in [5.74, 6) is 1.10. The Morgan fingerprint density at radius 3 is 2.45 bits per heavy atom. The molecule has 0 amide bonds. The molecule has 1 N–H and O–H groups in total. The van der Waals surface area contributed by atoms with Gasteiger partial charge in [0.2, 0.25) is 0 Å². The summed E-state index contributed by atoms with van der Waals surface area (Å²) < 4.78 is 0. The summed E-state index contributed by atoms with van der Waals surface area (Å²) in [5, 5.41) is 3.63. The Balaban J connectivity index is 1.55. The highest BCUT2D eigenvalue weighted by Crippen LogP contribution is 2.20. The maximum atomic E-state index is 4.43. The smallest absolute Gasteiger partial charge is 0.128 e. The SMILES string of the molecule is Cc1ccc(NC2CCN(c3ccccn3)CC2)cc1. The highest BCUT2D eigenvalue weighted by molar-refractivity contribution is 5.46. The monoisotopic (exact) mass is 267 g/mol. The fourth-order valence-electron chi connectivity index (χ4n) is 2.68. The molecule has 3 rings (SSSR count). The second-order valence-corrected chi connectivity index (χ2v) is 5.46. The molecule has 1 fully saturated rings. The van der Waals surface area contributed by atoms with Gasteiger partial charge in [-0.3, -0.25) is 0 Å². The predicted molar refractivity (Wildman–Crippen MR) is 84.3 cm³/mol. The van der Waals surface area contributed by atoms with Crippen LogP contribution < -0.4 is 10.2 Å². The molecular weight excluding hydrogens is 246 g/mol. The van der Waals surface area contributed by atoms with Gasteiger partial charge in [-0.05, 0) is 44.0 Å². The topological polar surface area (TPSA) is 28.2 Å². The second kappa shape index (κ2) is 5.95. The van der Waals surface area contributed by atoms with Gasteiger partial charge in [0, 0.05) is 31.0 Å². The van der Waals surface area contributed by atoms with Crippen LogP contribution in [0, 0.1) is 6.92 Å². The van der Waals surface area contributed by atoms with Gasteiger partial charge in [-0.2, -0.15) is 0 Å². The maximum absolute atomic E-state index is 4.43. The molecule has 3 nitrogen and oxygen atoms in total. The van der Waals surface area contributed by atoms with Gasteiger partial charge in [-0.15, -0.1) is 0 Å². The van der Waals surface area contributed by atoms with Gasteiger partial charge < -0.3 is 10.2 Å². The molecule has 1 aromatic carbocycles. The molecular formula is C17H21N3. The lowest BCUT2D eigenvalue weighted by molar-refractivity contribution is 0.523. The molecule has 20 heavy (non-hydrogen) atoms. The summed E-state index contributed by atoms with van der Waals surface area (Å²) in [6.07, 6.45) is 4.18. The van der Waals surface area contributed by atoms with Gasteiger partial charge in [-0.25, -0.2) is 4.98 Å². The number of piperidine rings is 1. The zero-order valence-corrected chi connectivity index (χ0v) is 11.9. The van der Waals surface area contributed by atoms with Crippen molar-refractivity contribution in [3.63, 3.8) is 0 Å². The van der Waals surface area contributed by atoms with Crippen molar-refractivity contribution in [2.24, 2.45) is 0 Å². The number of hydrogen-bond acceptors (Lipinski definition) is 3. The van der Waals surface area contributed by atoms with E-state index in [0.717, 1.165) is 31.7 Å². The van der Waals surface area contributed by atoms with E-state index in [2.05, 4.69) is 58.5 Å². The van der Waals surface area contributed by atoms with E-state index in [9.17, 15) is 0 Å². The molecule has 2 heterocycles. The standard InChI is InChI=1S/C17H21N3/c1-14-5-7-15(8-6-14)19-16-9-12-20(13-10-16)17-4-2-3-11-18-17/h2-8,11,16,19H,9-10,12-13H2,1H3. The Labute approximate surface area is 120 Å². The van der Waals surface area contributed by atoms with Crippen molar-refractivity contribution in [2.75, 3.05) is 23.3 Å². The number of rotatable bonds is 3. The van der Waals surface area contributed by atoms with Crippen LogP contribution in [-0.2, 0) is 0 Å². The normalized spacial score (nSPS) is 16.1. The number of anilines is 2.